The lowest BCUT2D eigenvalue weighted by Crippen LogP contribution is -2.44. The molecule has 0 aromatic carbocycles. The van der Waals surface area contributed by atoms with Crippen molar-refractivity contribution in [2.75, 3.05) is 26.7 Å². The highest BCUT2D eigenvalue weighted by Gasteiger charge is 2.29. The van der Waals surface area contributed by atoms with Crippen molar-refractivity contribution < 1.29 is 4.52 Å². The van der Waals surface area contributed by atoms with Gasteiger partial charge in [-0.3, -0.25) is 9.58 Å². The molecule has 0 spiro atoms. The summed E-state index contributed by atoms with van der Waals surface area (Å²) in [4.78, 5) is 6.80. The highest BCUT2D eigenvalue weighted by Crippen LogP contribution is 2.40. The number of piperazine rings is 1. The molecule has 7 nitrogen and oxygen atoms in total. The Hall–Kier alpha value is -1.73. The minimum Gasteiger partial charge on any atom is -0.332 e. The Kier molecular flexibility index (Phi) is 3.04. The summed E-state index contributed by atoms with van der Waals surface area (Å²) in [7, 11) is 4.07. The van der Waals surface area contributed by atoms with Gasteiger partial charge in [-0.1, -0.05) is 5.16 Å². The molecule has 0 radical (unpaired) electrons. The van der Waals surface area contributed by atoms with Crippen molar-refractivity contribution in [1.29, 1.82) is 0 Å². The lowest BCUT2D eigenvalue weighted by atomic mass is 10.2. The molecular weight excluding hydrogens is 268 g/mol. The van der Waals surface area contributed by atoms with Crippen LogP contribution in [-0.4, -0.2) is 51.5 Å². The van der Waals surface area contributed by atoms with E-state index in [1.165, 1.54) is 18.5 Å². The fraction of sp³-hybridized carbons (Fsp3) is 0.643. The summed E-state index contributed by atoms with van der Waals surface area (Å²) < 4.78 is 7.37. The monoisotopic (exact) mass is 288 g/mol. The maximum atomic E-state index is 5.43. The first kappa shape index (κ1) is 13.0. The number of nitrogens with zero attached hydrogens (tertiary/aromatic N) is 5. The minimum atomic E-state index is 0.169. The van der Waals surface area contributed by atoms with Gasteiger partial charge in [-0.2, -0.15) is 10.1 Å². The number of rotatable bonds is 3. The van der Waals surface area contributed by atoms with Crippen molar-refractivity contribution in [1.82, 2.24) is 30.1 Å². The molecule has 0 bridgehead atoms. The summed E-state index contributed by atoms with van der Waals surface area (Å²) >= 11 is 0. The van der Waals surface area contributed by atoms with Crippen LogP contribution in [0.3, 0.4) is 0 Å². The van der Waals surface area contributed by atoms with Crippen LogP contribution in [-0.2, 0) is 7.05 Å². The Morgan fingerprint density at radius 1 is 1.33 bits per heavy atom. The summed E-state index contributed by atoms with van der Waals surface area (Å²) in [5.74, 6) is 1.91. The van der Waals surface area contributed by atoms with Crippen molar-refractivity contribution in [2.45, 2.75) is 24.8 Å². The molecule has 1 saturated heterocycles. The van der Waals surface area contributed by atoms with Gasteiger partial charge in [0.25, 0.3) is 5.89 Å². The topological polar surface area (TPSA) is 72.0 Å². The largest absolute Gasteiger partial charge is 0.332 e. The predicted molar refractivity (Wildman–Crippen MR) is 76.7 cm³/mol. The number of aryl methyl sites for hydroxylation is 1. The molecule has 7 heteroatoms. The first-order chi connectivity index (χ1) is 10.2. The first-order valence-corrected chi connectivity index (χ1v) is 7.51. The lowest BCUT2D eigenvalue weighted by molar-refractivity contribution is 0.190. The van der Waals surface area contributed by atoms with Gasteiger partial charge in [-0.25, -0.2) is 0 Å². The zero-order valence-electron chi connectivity index (χ0n) is 12.4. The summed E-state index contributed by atoms with van der Waals surface area (Å²) in [5.41, 5.74) is 2.05. The molecule has 2 aliphatic rings. The molecule has 2 aromatic heterocycles. The van der Waals surface area contributed by atoms with Gasteiger partial charge in [-0.15, -0.1) is 0 Å². The molecule has 1 unspecified atom stereocenters. The minimum absolute atomic E-state index is 0.169. The number of aromatic nitrogens is 4. The molecule has 1 N–H and O–H groups in total. The van der Waals surface area contributed by atoms with Crippen molar-refractivity contribution in [2.24, 2.45) is 7.05 Å². The normalized spacial score (nSPS) is 23.6. The molecular formula is C14H20N6O. The third-order valence-corrected chi connectivity index (χ3v) is 4.38. The maximum Gasteiger partial charge on any atom is 0.278 e. The van der Waals surface area contributed by atoms with Crippen LogP contribution in [0, 0.1) is 0 Å². The number of hydrogen-bond acceptors (Lipinski definition) is 6. The van der Waals surface area contributed by atoms with Gasteiger partial charge < -0.3 is 9.84 Å². The van der Waals surface area contributed by atoms with E-state index in [1.807, 2.05) is 11.7 Å². The Balaban J connectivity index is 1.60. The summed E-state index contributed by atoms with van der Waals surface area (Å²) in [6.07, 6.45) is 2.51. The quantitative estimate of drug-likeness (QED) is 0.905. The molecule has 2 aromatic rings. The predicted octanol–water partition coefficient (Wildman–Crippen LogP) is 0.924. The van der Waals surface area contributed by atoms with E-state index < -0.39 is 0 Å². The highest BCUT2D eigenvalue weighted by atomic mass is 16.5. The van der Waals surface area contributed by atoms with Gasteiger partial charge in [0, 0.05) is 38.3 Å². The molecule has 2 fully saturated rings. The van der Waals surface area contributed by atoms with E-state index >= 15 is 0 Å². The van der Waals surface area contributed by atoms with Crippen molar-refractivity contribution in [3.8, 4) is 11.6 Å². The Bertz CT molecular complexity index is 644. The molecule has 112 valence electrons. The van der Waals surface area contributed by atoms with E-state index in [0.29, 0.717) is 11.8 Å². The standard InChI is InChI=1S/C14H20N6O/c1-19-6-5-15-8-12(19)13-16-14(21-18-13)10-7-11(9-3-4-9)20(2)17-10/h7,9,12,15H,3-6,8H2,1-2H3. The maximum absolute atomic E-state index is 5.43. The van der Waals surface area contributed by atoms with Gasteiger partial charge in [0.05, 0.1) is 6.04 Å². The van der Waals surface area contributed by atoms with Gasteiger partial charge in [-0.05, 0) is 26.0 Å². The molecule has 1 aliphatic carbocycles. The Morgan fingerprint density at radius 2 is 2.19 bits per heavy atom. The third kappa shape index (κ3) is 2.36. The fourth-order valence-corrected chi connectivity index (χ4v) is 2.92. The average molecular weight is 288 g/mol. The van der Waals surface area contributed by atoms with Crippen LogP contribution in [0.2, 0.25) is 0 Å². The first-order valence-electron chi connectivity index (χ1n) is 7.51. The molecule has 0 amide bonds. The molecule has 1 saturated carbocycles. The van der Waals surface area contributed by atoms with Gasteiger partial charge in [0.1, 0.15) is 0 Å². The van der Waals surface area contributed by atoms with Crippen LogP contribution >= 0.6 is 0 Å². The zero-order valence-corrected chi connectivity index (χ0v) is 12.4. The second kappa shape index (κ2) is 4.92. The fourth-order valence-electron chi connectivity index (χ4n) is 2.92. The van der Waals surface area contributed by atoms with Crippen LogP contribution in [0.25, 0.3) is 11.6 Å². The smallest absolute Gasteiger partial charge is 0.278 e. The van der Waals surface area contributed by atoms with Crippen LogP contribution in [0.15, 0.2) is 10.6 Å². The Morgan fingerprint density at radius 3 is 2.95 bits per heavy atom. The van der Waals surface area contributed by atoms with Gasteiger partial charge in [0.2, 0.25) is 0 Å². The summed E-state index contributed by atoms with van der Waals surface area (Å²) in [6, 6.07) is 2.25. The van der Waals surface area contributed by atoms with Crippen LogP contribution in [0.5, 0.6) is 0 Å². The third-order valence-electron chi connectivity index (χ3n) is 4.38. The number of hydrogen-bond donors (Lipinski definition) is 1. The molecule has 1 aliphatic heterocycles. The van der Waals surface area contributed by atoms with E-state index in [1.54, 1.807) is 0 Å². The van der Waals surface area contributed by atoms with Crippen molar-refractivity contribution >= 4 is 0 Å². The highest BCUT2D eigenvalue weighted by molar-refractivity contribution is 5.48. The van der Waals surface area contributed by atoms with Crippen LogP contribution in [0.4, 0.5) is 0 Å². The van der Waals surface area contributed by atoms with Crippen LogP contribution in [0.1, 0.15) is 36.3 Å². The molecule has 1 atom stereocenters. The van der Waals surface area contributed by atoms with Gasteiger partial charge in [0.15, 0.2) is 11.5 Å². The van der Waals surface area contributed by atoms with Gasteiger partial charge >= 0.3 is 0 Å². The van der Waals surface area contributed by atoms with Crippen molar-refractivity contribution in [3.63, 3.8) is 0 Å². The second-order valence-electron chi connectivity index (χ2n) is 6.01. The zero-order chi connectivity index (χ0) is 14.4. The SMILES string of the molecule is CN1CCNCC1c1noc(-c2cc(C3CC3)n(C)n2)n1. The van der Waals surface area contributed by atoms with E-state index in [9.17, 15) is 0 Å². The van der Waals surface area contributed by atoms with E-state index in [4.69, 9.17) is 4.52 Å². The summed E-state index contributed by atoms with van der Waals surface area (Å²) in [6.45, 7) is 2.84. The summed E-state index contributed by atoms with van der Waals surface area (Å²) in [5, 5.41) is 12.0. The second-order valence-corrected chi connectivity index (χ2v) is 6.01. The van der Waals surface area contributed by atoms with Crippen molar-refractivity contribution in [3.05, 3.63) is 17.6 Å². The number of likely N-dealkylation sites (N-methyl/N-ethyl adjacent to an activating group) is 1. The Labute approximate surface area is 123 Å². The molecule has 3 heterocycles. The number of nitrogens with one attached hydrogen (secondary N) is 1. The average Bonchev–Trinajstić information content (AvgIpc) is 3.07. The molecule has 4 rings (SSSR count). The van der Waals surface area contributed by atoms with E-state index in [-0.39, 0.29) is 6.04 Å². The van der Waals surface area contributed by atoms with E-state index in [2.05, 4.69) is 38.6 Å². The van der Waals surface area contributed by atoms with E-state index in [0.717, 1.165) is 31.2 Å². The molecule has 21 heavy (non-hydrogen) atoms. The lowest BCUT2D eigenvalue weighted by Gasteiger charge is -2.30. The van der Waals surface area contributed by atoms with Crippen LogP contribution < -0.4 is 5.32 Å².